The predicted molar refractivity (Wildman–Crippen MR) is 96.9 cm³/mol. The van der Waals surface area contributed by atoms with E-state index in [0.717, 1.165) is 11.2 Å². The van der Waals surface area contributed by atoms with Crippen LogP contribution in [0.4, 0.5) is 0 Å². The molecule has 152 valence electrons. The third-order valence-corrected chi connectivity index (χ3v) is 4.60. The Morgan fingerprint density at radius 1 is 1.21 bits per heavy atom. The smallest absolute Gasteiger partial charge is 0.262 e. The Hall–Kier alpha value is -3.56. The van der Waals surface area contributed by atoms with Gasteiger partial charge in [0, 0.05) is 19.4 Å². The van der Waals surface area contributed by atoms with Crippen LogP contribution in [0.25, 0.3) is 0 Å². The van der Waals surface area contributed by atoms with E-state index in [1.54, 1.807) is 0 Å². The number of hydrogen-bond donors (Lipinski definition) is 2. The van der Waals surface area contributed by atoms with Crippen molar-refractivity contribution in [3.05, 3.63) is 29.3 Å². The van der Waals surface area contributed by atoms with E-state index in [2.05, 4.69) is 10.6 Å². The van der Waals surface area contributed by atoms with Crippen LogP contribution in [0, 0.1) is 0 Å². The van der Waals surface area contributed by atoms with E-state index in [4.69, 9.17) is 4.74 Å². The number of benzene rings is 1. The highest BCUT2D eigenvalue weighted by Crippen LogP contribution is 2.30. The normalized spacial score (nSPS) is 18.3. The Morgan fingerprint density at radius 3 is 2.69 bits per heavy atom. The zero-order valence-electron chi connectivity index (χ0n) is 15.4. The average molecular weight is 401 g/mol. The molecule has 2 aliphatic heterocycles. The zero-order chi connectivity index (χ0) is 21.0. The summed E-state index contributed by atoms with van der Waals surface area (Å²) in [7, 11) is 0. The third kappa shape index (κ3) is 4.31. The minimum atomic E-state index is -1.04. The highest BCUT2D eigenvalue weighted by molar-refractivity contribution is 6.23. The van der Waals surface area contributed by atoms with E-state index < -0.39 is 29.7 Å². The van der Waals surface area contributed by atoms with Crippen LogP contribution in [0.2, 0.25) is 0 Å². The molecule has 0 radical (unpaired) electrons. The Morgan fingerprint density at radius 2 is 1.97 bits per heavy atom. The van der Waals surface area contributed by atoms with Crippen LogP contribution in [0.5, 0.6) is 5.75 Å². The summed E-state index contributed by atoms with van der Waals surface area (Å²) < 4.78 is 5.36. The highest BCUT2D eigenvalue weighted by Gasteiger charge is 2.44. The molecule has 0 aliphatic carbocycles. The lowest BCUT2D eigenvalue weighted by atomic mass is 10.0. The summed E-state index contributed by atoms with van der Waals surface area (Å²) in [6.45, 7) is 0.0535. The molecule has 1 fully saturated rings. The van der Waals surface area contributed by atoms with Gasteiger partial charge >= 0.3 is 0 Å². The molecule has 1 atom stereocenters. The van der Waals surface area contributed by atoms with Crippen LogP contribution in [0.15, 0.2) is 18.2 Å². The molecule has 2 aliphatic rings. The summed E-state index contributed by atoms with van der Waals surface area (Å²) in [6, 6.07) is 3.17. The fourth-order valence-corrected chi connectivity index (χ4v) is 3.15. The van der Waals surface area contributed by atoms with Crippen LogP contribution in [0.3, 0.4) is 0 Å². The van der Waals surface area contributed by atoms with Gasteiger partial charge in [0.2, 0.25) is 11.8 Å². The van der Waals surface area contributed by atoms with Gasteiger partial charge in [0.25, 0.3) is 17.7 Å². The van der Waals surface area contributed by atoms with Gasteiger partial charge in [0.15, 0.2) is 6.61 Å². The van der Waals surface area contributed by atoms with Crippen molar-refractivity contribution in [3.8, 4) is 5.75 Å². The number of carbonyl (C=O) groups excluding carboxylic acids is 6. The van der Waals surface area contributed by atoms with E-state index in [1.807, 2.05) is 0 Å². The second-order valence-corrected chi connectivity index (χ2v) is 6.60. The molecule has 29 heavy (non-hydrogen) atoms. The Bertz CT molecular complexity index is 896. The van der Waals surface area contributed by atoms with Gasteiger partial charge in [-0.25, -0.2) is 0 Å². The summed E-state index contributed by atoms with van der Waals surface area (Å²) >= 11 is 0. The number of piperidine rings is 1. The van der Waals surface area contributed by atoms with E-state index in [-0.39, 0.29) is 42.2 Å². The molecule has 0 aromatic heterocycles. The number of hydrogen-bond acceptors (Lipinski definition) is 7. The first-order chi connectivity index (χ1) is 13.9. The largest absolute Gasteiger partial charge is 0.484 e. The maximum Gasteiger partial charge on any atom is 0.262 e. The van der Waals surface area contributed by atoms with Gasteiger partial charge in [-0.15, -0.1) is 0 Å². The Kier molecular flexibility index (Phi) is 6.01. The zero-order valence-corrected chi connectivity index (χ0v) is 15.4. The summed E-state index contributed by atoms with van der Waals surface area (Å²) in [6.07, 6.45) is 1.76. The first-order valence-corrected chi connectivity index (χ1v) is 9.11. The molecule has 0 saturated carbocycles. The maximum atomic E-state index is 12.7. The number of fused-ring (bicyclic) bond motifs is 1. The molecule has 0 spiro atoms. The molecule has 1 aromatic carbocycles. The minimum Gasteiger partial charge on any atom is -0.484 e. The van der Waals surface area contributed by atoms with Crippen LogP contribution in [0.1, 0.15) is 46.4 Å². The summed E-state index contributed by atoms with van der Waals surface area (Å²) in [4.78, 5) is 71.4. The Labute approximate surface area is 165 Å². The van der Waals surface area contributed by atoms with Crippen molar-refractivity contribution in [2.24, 2.45) is 0 Å². The molecule has 3 rings (SSSR count). The number of aldehydes is 1. The van der Waals surface area contributed by atoms with Crippen molar-refractivity contribution in [3.63, 3.8) is 0 Å². The molecule has 0 bridgehead atoms. The third-order valence-electron chi connectivity index (χ3n) is 4.60. The standard InChI is InChI=1S/C19H19N3O7/c23-8-2-1-7-20-16(25)10-29-11-3-4-12-13(9-11)19(28)22(18(12)27)14-5-6-15(24)21-17(14)26/h3-4,8-9,14H,1-2,5-7,10H2,(H,20,25)(H,21,24,26). The van der Waals surface area contributed by atoms with Crippen molar-refractivity contribution in [2.45, 2.75) is 31.7 Å². The van der Waals surface area contributed by atoms with Crippen LogP contribution in [-0.4, -0.2) is 59.9 Å². The van der Waals surface area contributed by atoms with Crippen molar-refractivity contribution < 1.29 is 33.5 Å². The van der Waals surface area contributed by atoms with Gasteiger partial charge in [-0.3, -0.25) is 34.2 Å². The van der Waals surface area contributed by atoms with Gasteiger partial charge < -0.3 is 14.8 Å². The molecule has 1 aromatic rings. The van der Waals surface area contributed by atoms with Gasteiger partial charge in [0.1, 0.15) is 18.1 Å². The molecule has 10 heteroatoms. The van der Waals surface area contributed by atoms with Crippen molar-refractivity contribution in [1.82, 2.24) is 15.5 Å². The summed E-state index contributed by atoms with van der Waals surface area (Å²) in [5.41, 5.74) is 0.203. The van der Waals surface area contributed by atoms with Gasteiger partial charge in [-0.2, -0.15) is 0 Å². The summed E-state index contributed by atoms with van der Waals surface area (Å²) in [5, 5.41) is 4.72. The number of unbranched alkanes of at least 4 members (excludes halogenated alkanes) is 1. The second kappa shape index (κ2) is 8.63. The van der Waals surface area contributed by atoms with E-state index in [0.29, 0.717) is 19.4 Å². The topological polar surface area (TPSA) is 139 Å². The predicted octanol–water partition coefficient (Wildman–Crippen LogP) is -0.438. The SMILES string of the molecule is O=CCCCNC(=O)COc1ccc2c(c1)C(=O)N(C1CCC(=O)NC1=O)C2=O. The van der Waals surface area contributed by atoms with E-state index >= 15 is 0 Å². The number of carbonyl (C=O) groups is 6. The molecule has 2 heterocycles. The molecule has 1 saturated heterocycles. The number of rotatable bonds is 8. The van der Waals surface area contributed by atoms with Gasteiger partial charge in [0.05, 0.1) is 11.1 Å². The molecule has 5 amide bonds. The number of ether oxygens (including phenoxy) is 1. The maximum absolute atomic E-state index is 12.7. The van der Waals surface area contributed by atoms with Crippen LogP contribution >= 0.6 is 0 Å². The van der Waals surface area contributed by atoms with E-state index in [9.17, 15) is 28.8 Å². The van der Waals surface area contributed by atoms with Gasteiger partial charge in [-0.1, -0.05) is 0 Å². The lowest BCUT2D eigenvalue weighted by molar-refractivity contribution is -0.136. The fourth-order valence-electron chi connectivity index (χ4n) is 3.15. The van der Waals surface area contributed by atoms with Crippen LogP contribution < -0.4 is 15.4 Å². The molecular formula is C19H19N3O7. The first-order valence-electron chi connectivity index (χ1n) is 9.11. The van der Waals surface area contributed by atoms with Crippen molar-refractivity contribution >= 4 is 35.8 Å². The lowest BCUT2D eigenvalue weighted by Gasteiger charge is -2.27. The summed E-state index contributed by atoms with van der Waals surface area (Å²) in [5.74, 6) is -2.55. The lowest BCUT2D eigenvalue weighted by Crippen LogP contribution is -2.54. The molecular weight excluding hydrogens is 382 g/mol. The van der Waals surface area contributed by atoms with Crippen molar-refractivity contribution in [1.29, 1.82) is 0 Å². The molecule has 10 nitrogen and oxygen atoms in total. The number of nitrogens with one attached hydrogen (secondary N) is 2. The number of nitrogens with zero attached hydrogens (tertiary/aromatic N) is 1. The van der Waals surface area contributed by atoms with E-state index in [1.165, 1.54) is 18.2 Å². The quantitative estimate of drug-likeness (QED) is 0.342. The van der Waals surface area contributed by atoms with Gasteiger partial charge in [-0.05, 0) is 31.0 Å². The highest BCUT2D eigenvalue weighted by atomic mass is 16.5. The molecule has 1 unspecified atom stereocenters. The van der Waals surface area contributed by atoms with Crippen LogP contribution in [-0.2, 0) is 19.2 Å². The fraction of sp³-hybridized carbons (Fsp3) is 0.368. The molecule has 2 N–H and O–H groups in total. The Balaban J connectivity index is 1.65. The van der Waals surface area contributed by atoms with Crippen molar-refractivity contribution in [2.75, 3.05) is 13.2 Å². The minimum absolute atomic E-state index is 0.0418. The number of imide groups is 2. The second-order valence-electron chi connectivity index (χ2n) is 6.60. The average Bonchev–Trinajstić information content (AvgIpc) is 2.94. The monoisotopic (exact) mass is 401 g/mol. The number of amides is 5. The first kappa shape index (κ1) is 20.2.